The summed E-state index contributed by atoms with van der Waals surface area (Å²) in [5.41, 5.74) is 8.09. The highest BCUT2D eigenvalue weighted by molar-refractivity contribution is 5.14. The zero-order valence-electron chi connectivity index (χ0n) is 11.7. The quantitative estimate of drug-likeness (QED) is 0.776. The molecule has 2 atom stereocenters. The van der Waals surface area contributed by atoms with Crippen LogP contribution in [0.25, 0.3) is 0 Å². The molecular formula is C16H26N2. The van der Waals surface area contributed by atoms with Crippen molar-refractivity contribution in [2.24, 2.45) is 17.1 Å². The molecule has 0 amide bonds. The Morgan fingerprint density at radius 1 is 1.33 bits per heavy atom. The third-order valence-electron chi connectivity index (χ3n) is 4.16. The number of aryl methyl sites for hydroxylation is 1. The molecule has 0 radical (unpaired) electrons. The maximum atomic E-state index is 6.13. The van der Waals surface area contributed by atoms with Crippen molar-refractivity contribution in [1.29, 1.82) is 0 Å². The van der Waals surface area contributed by atoms with E-state index in [2.05, 4.69) is 49.5 Å². The van der Waals surface area contributed by atoms with Gasteiger partial charge in [-0.15, -0.1) is 0 Å². The maximum absolute atomic E-state index is 6.13. The molecule has 0 heterocycles. The van der Waals surface area contributed by atoms with Gasteiger partial charge in [0, 0.05) is 12.6 Å². The first kappa shape index (κ1) is 13.6. The highest BCUT2D eigenvalue weighted by Crippen LogP contribution is 2.50. The molecule has 1 fully saturated rings. The molecule has 0 saturated heterocycles. The number of nitrogens with two attached hydrogens (primary N) is 1. The molecule has 0 bridgehead atoms. The average Bonchev–Trinajstić information content (AvgIpc) is 2.96. The van der Waals surface area contributed by atoms with E-state index in [1.807, 2.05) is 0 Å². The predicted molar refractivity (Wildman–Crippen MR) is 77.5 cm³/mol. The van der Waals surface area contributed by atoms with Gasteiger partial charge < -0.3 is 11.1 Å². The first-order valence-electron chi connectivity index (χ1n) is 7.08. The van der Waals surface area contributed by atoms with Crippen LogP contribution in [0, 0.1) is 11.3 Å². The Morgan fingerprint density at radius 2 is 2.00 bits per heavy atom. The molecule has 2 rings (SSSR count). The lowest BCUT2D eigenvalue weighted by Gasteiger charge is -2.13. The second-order valence-electron chi connectivity index (χ2n) is 6.33. The lowest BCUT2D eigenvalue weighted by atomic mass is 10.1. The average molecular weight is 246 g/mol. The van der Waals surface area contributed by atoms with Crippen LogP contribution in [0.3, 0.4) is 0 Å². The van der Waals surface area contributed by atoms with Gasteiger partial charge in [-0.05, 0) is 42.7 Å². The van der Waals surface area contributed by atoms with Crippen LogP contribution in [-0.4, -0.2) is 19.1 Å². The Balaban J connectivity index is 1.57. The molecule has 18 heavy (non-hydrogen) atoms. The van der Waals surface area contributed by atoms with Crippen LogP contribution in [0.5, 0.6) is 0 Å². The molecule has 1 aromatic rings. The van der Waals surface area contributed by atoms with Crippen LogP contribution in [0.2, 0.25) is 0 Å². The van der Waals surface area contributed by atoms with Gasteiger partial charge in [0.2, 0.25) is 0 Å². The summed E-state index contributed by atoms with van der Waals surface area (Å²) in [5, 5.41) is 3.51. The van der Waals surface area contributed by atoms with Gasteiger partial charge >= 0.3 is 0 Å². The number of rotatable bonds is 7. The largest absolute Gasteiger partial charge is 0.327 e. The molecule has 2 heteroatoms. The van der Waals surface area contributed by atoms with E-state index in [9.17, 15) is 0 Å². The van der Waals surface area contributed by atoms with Gasteiger partial charge in [-0.2, -0.15) is 0 Å². The van der Waals surface area contributed by atoms with Gasteiger partial charge in [0.25, 0.3) is 0 Å². The van der Waals surface area contributed by atoms with Gasteiger partial charge in [-0.25, -0.2) is 0 Å². The van der Waals surface area contributed by atoms with Crippen LogP contribution in [0.1, 0.15) is 32.3 Å². The van der Waals surface area contributed by atoms with Crippen molar-refractivity contribution < 1.29 is 0 Å². The van der Waals surface area contributed by atoms with Gasteiger partial charge in [0.15, 0.2) is 0 Å². The van der Waals surface area contributed by atoms with Crippen LogP contribution in [0.4, 0.5) is 0 Å². The van der Waals surface area contributed by atoms with E-state index in [4.69, 9.17) is 5.73 Å². The van der Waals surface area contributed by atoms with Crippen molar-refractivity contribution in [1.82, 2.24) is 5.32 Å². The fraction of sp³-hybridized carbons (Fsp3) is 0.625. The van der Waals surface area contributed by atoms with Crippen LogP contribution in [0.15, 0.2) is 30.3 Å². The maximum Gasteiger partial charge on any atom is 0.0168 e. The minimum atomic E-state index is 0.270. The molecule has 1 aliphatic rings. The summed E-state index contributed by atoms with van der Waals surface area (Å²) in [6, 6.07) is 10.9. The second-order valence-corrected chi connectivity index (χ2v) is 6.33. The Labute approximate surface area is 111 Å². The Bertz CT molecular complexity index is 359. The van der Waals surface area contributed by atoms with Crippen LogP contribution in [-0.2, 0) is 6.42 Å². The van der Waals surface area contributed by atoms with Crippen molar-refractivity contribution in [3.63, 3.8) is 0 Å². The van der Waals surface area contributed by atoms with E-state index < -0.39 is 0 Å². The summed E-state index contributed by atoms with van der Waals surface area (Å²) < 4.78 is 0. The summed E-state index contributed by atoms with van der Waals surface area (Å²) in [6.45, 7) is 6.76. The van der Waals surface area contributed by atoms with Gasteiger partial charge in [0.1, 0.15) is 0 Å². The van der Waals surface area contributed by atoms with E-state index in [0.717, 1.165) is 31.8 Å². The summed E-state index contributed by atoms with van der Waals surface area (Å²) in [5.74, 6) is 0.860. The second kappa shape index (κ2) is 5.85. The molecule has 0 aliphatic heterocycles. The molecule has 3 N–H and O–H groups in total. The van der Waals surface area contributed by atoms with Crippen molar-refractivity contribution in [2.75, 3.05) is 13.1 Å². The molecular weight excluding hydrogens is 220 g/mol. The van der Waals surface area contributed by atoms with Gasteiger partial charge in [0.05, 0.1) is 0 Å². The fourth-order valence-electron chi connectivity index (χ4n) is 2.47. The predicted octanol–water partition coefficient (Wildman–Crippen LogP) is 2.58. The minimum Gasteiger partial charge on any atom is -0.327 e. The number of hydrogen-bond donors (Lipinski definition) is 2. The molecule has 2 nitrogen and oxygen atoms in total. The van der Waals surface area contributed by atoms with Crippen molar-refractivity contribution in [3.8, 4) is 0 Å². The molecule has 1 saturated carbocycles. The molecule has 100 valence electrons. The molecule has 1 aliphatic carbocycles. The van der Waals surface area contributed by atoms with Crippen molar-refractivity contribution in [2.45, 2.75) is 39.2 Å². The number of benzene rings is 1. The van der Waals surface area contributed by atoms with E-state index in [0.29, 0.717) is 5.41 Å². The summed E-state index contributed by atoms with van der Waals surface area (Å²) in [4.78, 5) is 0. The zero-order chi connectivity index (χ0) is 13.0. The standard InChI is InChI=1S/C16H26N2/c1-16(2)10-14(16)11-18-12-15(17)9-8-13-6-4-3-5-7-13/h3-7,14-15,18H,8-12,17H2,1-2H3. The summed E-state index contributed by atoms with van der Waals surface area (Å²) in [6.07, 6.45) is 3.50. The van der Waals surface area contributed by atoms with Gasteiger partial charge in [-0.3, -0.25) is 0 Å². The first-order chi connectivity index (χ1) is 8.58. The van der Waals surface area contributed by atoms with E-state index in [1.165, 1.54) is 12.0 Å². The summed E-state index contributed by atoms with van der Waals surface area (Å²) >= 11 is 0. The molecule has 1 aromatic carbocycles. The minimum absolute atomic E-state index is 0.270. The van der Waals surface area contributed by atoms with E-state index >= 15 is 0 Å². The van der Waals surface area contributed by atoms with Gasteiger partial charge in [-0.1, -0.05) is 44.2 Å². The zero-order valence-corrected chi connectivity index (χ0v) is 11.7. The third kappa shape index (κ3) is 4.11. The Kier molecular flexibility index (Phi) is 4.41. The Hall–Kier alpha value is -0.860. The number of hydrogen-bond acceptors (Lipinski definition) is 2. The van der Waals surface area contributed by atoms with Crippen LogP contribution >= 0.6 is 0 Å². The molecule has 0 aromatic heterocycles. The number of nitrogens with one attached hydrogen (secondary N) is 1. The Morgan fingerprint density at radius 3 is 2.61 bits per heavy atom. The molecule has 2 unspecified atom stereocenters. The normalized spacial score (nSPS) is 22.7. The highest BCUT2D eigenvalue weighted by Gasteiger charge is 2.44. The molecule has 0 spiro atoms. The lowest BCUT2D eigenvalue weighted by molar-refractivity contribution is 0.488. The monoisotopic (exact) mass is 246 g/mol. The van der Waals surface area contributed by atoms with E-state index in [-0.39, 0.29) is 6.04 Å². The topological polar surface area (TPSA) is 38.0 Å². The lowest BCUT2D eigenvalue weighted by Crippen LogP contribution is -2.35. The van der Waals surface area contributed by atoms with E-state index in [1.54, 1.807) is 0 Å². The first-order valence-corrected chi connectivity index (χ1v) is 7.08. The fourth-order valence-corrected chi connectivity index (χ4v) is 2.47. The highest BCUT2D eigenvalue weighted by atomic mass is 14.9. The smallest absolute Gasteiger partial charge is 0.0168 e. The summed E-state index contributed by atoms with van der Waals surface area (Å²) in [7, 11) is 0. The van der Waals surface area contributed by atoms with Crippen molar-refractivity contribution >= 4 is 0 Å². The van der Waals surface area contributed by atoms with Crippen LogP contribution < -0.4 is 11.1 Å². The third-order valence-corrected chi connectivity index (χ3v) is 4.16. The van der Waals surface area contributed by atoms with Crippen molar-refractivity contribution in [3.05, 3.63) is 35.9 Å². The SMILES string of the molecule is CC1(C)CC1CNCC(N)CCc1ccccc1.